The molecule has 3 aromatic heterocycles. The molecule has 0 atom stereocenters. The van der Waals surface area contributed by atoms with E-state index in [2.05, 4.69) is 203 Å². The van der Waals surface area contributed by atoms with E-state index in [1.165, 1.54) is 54.4 Å². The van der Waals surface area contributed by atoms with E-state index < -0.39 is 0 Å². The summed E-state index contributed by atoms with van der Waals surface area (Å²) in [4.78, 5) is 10.5. The zero-order chi connectivity index (χ0) is 38.2. The fraction of sp³-hybridized carbons (Fsp3) is 0. The van der Waals surface area contributed by atoms with Crippen molar-refractivity contribution in [2.24, 2.45) is 0 Å². The van der Waals surface area contributed by atoms with Gasteiger partial charge in [-0.3, -0.25) is 0 Å². The Morgan fingerprint density at radius 1 is 0.293 bits per heavy atom. The van der Waals surface area contributed by atoms with Crippen molar-refractivity contribution in [1.82, 2.24) is 19.1 Å². The van der Waals surface area contributed by atoms with Crippen molar-refractivity contribution >= 4 is 65.4 Å². The molecule has 4 nitrogen and oxygen atoms in total. The first-order chi connectivity index (χ1) is 28.8. The molecule has 0 bridgehead atoms. The van der Waals surface area contributed by atoms with E-state index in [1.54, 1.807) is 0 Å². The Bertz CT molecular complexity index is 3550. The fourth-order valence-corrected chi connectivity index (χ4v) is 9.16. The minimum atomic E-state index is 0.860. The van der Waals surface area contributed by atoms with Crippen LogP contribution in [-0.2, 0) is 0 Å². The van der Waals surface area contributed by atoms with Gasteiger partial charge >= 0.3 is 0 Å². The number of hydrogen-bond acceptors (Lipinski definition) is 2. The first kappa shape index (κ1) is 32.4. The highest BCUT2D eigenvalue weighted by Gasteiger charge is 2.24. The monoisotopic (exact) mass is 738 g/mol. The lowest BCUT2D eigenvalue weighted by molar-refractivity contribution is 1.15. The van der Waals surface area contributed by atoms with Gasteiger partial charge < -0.3 is 9.13 Å². The van der Waals surface area contributed by atoms with Crippen molar-refractivity contribution in [3.8, 4) is 45.0 Å². The smallest absolute Gasteiger partial charge is 0.0973 e. The number of aromatic nitrogens is 4. The number of rotatable bonds is 5. The average Bonchev–Trinajstić information content (AvgIpc) is 3.84. The maximum atomic E-state index is 5.31. The van der Waals surface area contributed by atoms with E-state index in [4.69, 9.17) is 9.97 Å². The summed E-state index contributed by atoms with van der Waals surface area (Å²) in [5, 5.41) is 7.51. The molecule has 0 aliphatic heterocycles. The predicted molar refractivity (Wildman–Crippen MR) is 242 cm³/mol. The van der Waals surface area contributed by atoms with Crippen LogP contribution in [0.15, 0.2) is 206 Å². The molecule has 4 heteroatoms. The summed E-state index contributed by atoms with van der Waals surface area (Å²) in [6.07, 6.45) is 0. The third-order valence-corrected chi connectivity index (χ3v) is 11.7. The van der Waals surface area contributed by atoms with Crippen LogP contribution in [-0.4, -0.2) is 19.1 Å². The molecule has 0 unspecified atom stereocenters. The molecule has 0 N–H and O–H groups in total. The zero-order valence-electron chi connectivity index (χ0n) is 31.4. The molecule has 270 valence electrons. The normalized spacial score (nSPS) is 11.8. The molecular weight excluding hydrogens is 705 g/mol. The molecule has 0 saturated carbocycles. The highest BCUT2D eigenvalue weighted by atomic mass is 15.0. The maximum Gasteiger partial charge on any atom is 0.0973 e. The standard InChI is InChI=1S/C54H34N4/c1-4-17-35(18-5-1)51-52(36-19-6-2-7-20-36)56-46-34-38(31-32-45(46)55-51)37-21-16-24-40(33-37)58-48-30-15-13-28-44(48)50-42-26-11-10-25-41(42)49-43-27-12-14-29-47(43)57(53(49)54(50)58)39-22-8-3-9-23-39/h1-34H. The van der Waals surface area contributed by atoms with Gasteiger partial charge in [0.05, 0.1) is 44.5 Å². The molecule has 0 amide bonds. The Labute approximate surface area is 334 Å². The molecule has 0 saturated heterocycles. The lowest BCUT2D eigenvalue weighted by atomic mass is 9.98. The average molecular weight is 739 g/mol. The van der Waals surface area contributed by atoms with Crippen molar-refractivity contribution in [1.29, 1.82) is 0 Å². The lowest BCUT2D eigenvalue weighted by Crippen LogP contribution is -1.99. The van der Waals surface area contributed by atoms with E-state index in [9.17, 15) is 0 Å². The van der Waals surface area contributed by atoms with Gasteiger partial charge in [0.15, 0.2) is 0 Å². The van der Waals surface area contributed by atoms with Crippen molar-refractivity contribution in [2.45, 2.75) is 0 Å². The summed E-state index contributed by atoms with van der Waals surface area (Å²) in [7, 11) is 0. The lowest BCUT2D eigenvalue weighted by Gasteiger charge is -2.15. The summed E-state index contributed by atoms with van der Waals surface area (Å²) in [6, 6.07) is 73.6. The Hall–Kier alpha value is -7.82. The van der Waals surface area contributed by atoms with Crippen LogP contribution in [0, 0.1) is 0 Å². The quantitative estimate of drug-likeness (QED) is 0.176. The maximum absolute atomic E-state index is 5.31. The molecule has 0 aliphatic carbocycles. The van der Waals surface area contributed by atoms with E-state index in [-0.39, 0.29) is 0 Å². The van der Waals surface area contributed by atoms with E-state index in [1.807, 2.05) is 12.1 Å². The van der Waals surface area contributed by atoms with Crippen LogP contribution in [0.2, 0.25) is 0 Å². The highest BCUT2D eigenvalue weighted by molar-refractivity contribution is 6.36. The van der Waals surface area contributed by atoms with Gasteiger partial charge in [0.25, 0.3) is 0 Å². The Morgan fingerprint density at radius 3 is 1.31 bits per heavy atom. The number of nitrogens with zero attached hydrogens (tertiary/aromatic N) is 4. The summed E-state index contributed by atoms with van der Waals surface area (Å²) < 4.78 is 4.95. The van der Waals surface area contributed by atoms with Crippen molar-refractivity contribution in [3.63, 3.8) is 0 Å². The second-order valence-corrected chi connectivity index (χ2v) is 14.9. The molecule has 0 radical (unpaired) electrons. The van der Waals surface area contributed by atoms with Crippen LogP contribution < -0.4 is 0 Å². The first-order valence-electron chi connectivity index (χ1n) is 19.8. The molecule has 0 spiro atoms. The van der Waals surface area contributed by atoms with Gasteiger partial charge in [-0.05, 0) is 70.4 Å². The third kappa shape index (κ3) is 4.88. The van der Waals surface area contributed by atoms with Crippen molar-refractivity contribution in [2.75, 3.05) is 0 Å². The minimum Gasteiger partial charge on any atom is -0.307 e. The molecule has 58 heavy (non-hydrogen) atoms. The first-order valence-corrected chi connectivity index (χ1v) is 19.8. The van der Waals surface area contributed by atoms with Crippen LogP contribution in [0.25, 0.3) is 110 Å². The van der Waals surface area contributed by atoms with Gasteiger partial charge in [0.2, 0.25) is 0 Å². The van der Waals surface area contributed by atoms with Gasteiger partial charge in [-0.15, -0.1) is 0 Å². The minimum absolute atomic E-state index is 0.860. The van der Waals surface area contributed by atoms with Crippen LogP contribution in [0.4, 0.5) is 0 Å². The molecule has 12 rings (SSSR count). The van der Waals surface area contributed by atoms with Gasteiger partial charge in [-0.25, -0.2) is 9.97 Å². The van der Waals surface area contributed by atoms with Crippen molar-refractivity contribution in [3.05, 3.63) is 206 Å². The van der Waals surface area contributed by atoms with Gasteiger partial charge in [0.1, 0.15) is 0 Å². The Morgan fingerprint density at radius 2 is 0.724 bits per heavy atom. The van der Waals surface area contributed by atoms with Gasteiger partial charge in [-0.2, -0.15) is 0 Å². The number of benzene rings is 9. The van der Waals surface area contributed by atoms with Crippen LogP contribution in [0.1, 0.15) is 0 Å². The second-order valence-electron chi connectivity index (χ2n) is 14.9. The van der Waals surface area contributed by atoms with Gasteiger partial charge in [0, 0.05) is 44.0 Å². The summed E-state index contributed by atoms with van der Waals surface area (Å²) in [5.74, 6) is 0. The number of para-hydroxylation sites is 3. The molecule has 0 fully saturated rings. The van der Waals surface area contributed by atoms with Crippen LogP contribution >= 0.6 is 0 Å². The van der Waals surface area contributed by atoms with Crippen LogP contribution in [0.3, 0.4) is 0 Å². The Kier molecular flexibility index (Phi) is 7.20. The largest absolute Gasteiger partial charge is 0.307 e. The molecule has 12 aromatic rings. The number of fused-ring (bicyclic) bond motifs is 11. The van der Waals surface area contributed by atoms with Crippen LogP contribution in [0.5, 0.6) is 0 Å². The predicted octanol–water partition coefficient (Wildman–Crippen LogP) is 14.0. The van der Waals surface area contributed by atoms with E-state index in [0.29, 0.717) is 0 Å². The SMILES string of the molecule is c1ccc(-c2nc3ccc(-c4cccc(-n5c6ccccc6c6c7ccccc7c7c8ccccc8n(-c8ccccc8)c7c65)c4)cc3nc2-c2ccccc2)cc1. The molecular formula is C54H34N4. The van der Waals surface area contributed by atoms with E-state index in [0.717, 1.165) is 56.0 Å². The molecule has 0 aliphatic rings. The number of hydrogen-bond donors (Lipinski definition) is 0. The summed E-state index contributed by atoms with van der Waals surface area (Å²) >= 11 is 0. The van der Waals surface area contributed by atoms with Crippen molar-refractivity contribution < 1.29 is 0 Å². The van der Waals surface area contributed by atoms with Gasteiger partial charge in [-0.1, -0.05) is 158 Å². The third-order valence-electron chi connectivity index (χ3n) is 11.7. The fourth-order valence-electron chi connectivity index (χ4n) is 9.16. The highest BCUT2D eigenvalue weighted by Crippen LogP contribution is 2.47. The summed E-state index contributed by atoms with van der Waals surface area (Å²) in [5.41, 5.74) is 14.8. The Balaban J connectivity index is 1.13. The molecule has 3 heterocycles. The second kappa shape index (κ2) is 12.9. The topological polar surface area (TPSA) is 35.6 Å². The molecule has 9 aromatic carbocycles. The zero-order valence-corrected chi connectivity index (χ0v) is 31.4. The van der Waals surface area contributed by atoms with E-state index >= 15 is 0 Å². The summed E-state index contributed by atoms with van der Waals surface area (Å²) in [6.45, 7) is 0.